The van der Waals surface area contributed by atoms with E-state index < -0.39 is 5.41 Å². The maximum Gasteiger partial charge on any atom is 0.164 e. The van der Waals surface area contributed by atoms with Gasteiger partial charge in [-0.05, 0) is 79.9 Å². The smallest absolute Gasteiger partial charge is 0.164 e. The van der Waals surface area contributed by atoms with Crippen LogP contribution in [0.5, 0.6) is 0 Å². The topological polar surface area (TPSA) is 41.9 Å². The highest BCUT2D eigenvalue weighted by molar-refractivity contribution is 5.98. The molecular weight excluding hydrogens is 753 g/mol. The van der Waals surface area contributed by atoms with E-state index in [2.05, 4.69) is 223 Å². The molecule has 10 aromatic rings. The number of hydrogen-bond donors (Lipinski definition) is 0. The standard InChI is InChI=1S/C58H38N4/c1-4-17-39(18-5-1)41-31-35-43(36-32-41)55-59-56(44-37-33-42(34-38-44)40-19-6-2-7-20-40)61-57(60-55)48-25-16-24-47-46-23-10-11-26-49(46)58(54(47)48)50-27-12-14-29-52(50)62(45-21-8-3-9-22-45)53-30-15-13-28-51(53)58/h1-38H. The van der Waals surface area contributed by atoms with E-state index in [0.717, 1.165) is 56.0 Å². The maximum absolute atomic E-state index is 5.43. The van der Waals surface area contributed by atoms with E-state index in [9.17, 15) is 0 Å². The number of nitrogens with zero attached hydrogens (tertiary/aromatic N) is 4. The molecule has 0 N–H and O–H groups in total. The predicted molar refractivity (Wildman–Crippen MR) is 253 cm³/mol. The Morgan fingerprint density at radius 3 is 1.21 bits per heavy atom. The molecule has 0 unspecified atom stereocenters. The van der Waals surface area contributed by atoms with Crippen LogP contribution in [-0.4, -0.2) is 15.0 Å². The van der Waals surface area contributed by atoms with Gasteiger partial charge in [0, 0.05) is 22.4 Å². The van der Waals surface area contributed by atoms with E-state index in [1.54, 1.807) is 0 Å². The third-order valence-electron chi connectivity index (χ3n) is 12.5. The van der Waals surface area contributed by atoms with Crippen molar-refractivity contribution >= 4 is 17.1 Å². The SMILES string of the molecule is c1ccc(-c2ccc(-c3nc(-c4ccc(-c5ccccc5)cc4)nc(-c4cccc5c4C4(c6ccccc6-5)c5ccccc5N(c5ccccc5)c5ccccc54)n3)cc2)cc1. The Labute approximate surface area is 361 Å². The summed E-state index contributed by atoms with van der Waals surface area (Å²) in [5.41, 5.74) is 17.4. The van der Waals surface area contributed by atoms with Gasteiger partial charge in [-0.25, -0.2) is 15.0 Å². The molecule has 290 valence electrons. The zero-order chi connectivity index (χ0) is 41.0. The van der Waals surface area contributed by atoms with Crippen molar-refractivity contribution in [2.75, 3.05) is 4.90 Å². The third-order valence-corrected chi connectivity index (χ3v) is 12.5. The first-order chi connectivity index (χ1) is 30.8. The van der Waals surface area contributed by atoms with Crippen molar-refractivity contribution in [3.05, 3.63) is 253 Å². The Morgan fingerprint density at radius 1 is 0.274 bits per heavy atom. The second-order valence-corrected chi connectivity index (χ2v) is 15.9. The fourth-order valence-electron chi connectivity index (χ4n) is 9.85. The molecule has 1 spiro atoms. The lowest BCUT2D eigenvalue weighted by Gasteiger charge is -2.45. The lowest BCUT2D eigenvalue weighted by atomic mass is 9.63. The van der Waals surface area contributed by atoms with Gasteiger partial charge in [-0.1, -0.05) is 206 Å². The molecule has 1 aliphatic carbocycles. The van der Waals surface area contributed by atoms with Crippen molar-refractivity contribution in [1.82, 2.24) is 15.0 Å². The van der Waals surface area contributed by atoms with E-state index in [1.807, 2.05) is 12.1 Å². The molecular formula is C58H38N4. The second kappa shape index (κ2) is 14.5. The minimum Gasteiger partial charge on any atom is -0.310 e. The molecule has 12 rings (SSSR count). The van der Waals surface area contributed by atoms with Gasteiger partial charge >= 0.3 is 0 Å². The fourth-order valence-corrected chi connectivity index (χ4v) is 9.85. The van der Waals surface area contributed by atoms with E-state index in [0.29, 0.717) is 17.5 Å². The Hall–Kier alpha value is -8.21. The molecule has 62 heavy (non-hydrogen) atoms. The second-order valence-electron chi connectivity index (χ2n) is 15.9. The van der Waals surface area contributed by atoms with Crippen molar-refractivity contribution in [3.8, 4) is 67.5 Å². The van der Waals surface area contributed by atoms with Crippen LogP contribution in [0, 0.1) is 0 Å². The van der Waals surface area contributed by atoms with Gasteiger partial charge in [-0.2, -0.15) is 0 Å². The highest BCUT2D eigenvalue weighted by atomic mass is 15.2. The van der Waals surface area contributed by atoms with Gasteiger partial charge in [0.1, 0.15) is 0 Å². The highest BCUT2D eigenvalue weighted by Gasteiger charge is 2.53. The first-order valence-corrected chi connectivity index (χ1v) is 21.1. The lowest BCUT2D eigenvalue weighted by molar-refractivity contribution is 0.753. The minimum absolute atomic E-state index is 0.624. The van der Waals surface area contributed by atoms with Gasteiger partial charge in [0.2, 0.25) is 0 Å². The summed E-state index contributed by atoms with van der Waals surface area (Å²) in [6.45, 7) is 0. The quantitative estimate of drug-likeness (QED) is 0.168. The molecule has 0 fully saturated rings. The largest absolute Gasteiger partial charge is 0.310 e. The number of anilines is 3. The fraction of sp³-hybridized carbons (Fsp3) is 0.0172. The zero-order valence-corrected chi connectivity index (χ0v) is 33.7. The molecule has 0 bridgehead atoms. The molecule has 2 heterocycles. The summed E-state index contributed by atoms with van der Waals surface area (Å²) < 4.78 is 0. The summed E-state index contributed by atoms with van der Waals surface area (Å²) in [6, 6.07) is 82.1. The van der Waals surface area contributed by atoms with Gasteiger partial charge in [0.15, 0.2) is 17.5 Å². The van der Waals surface area contributed by atoms with Gasteiger partial charge in [0.05, 0.1) is 16.8 Å². The number of benzene rings is 9. The Balaban J connectivity index is 1.11. The molecule has 1 aliphatic heterocycles. The van der Waals surface area contributed by atoms with Crippen LogP contribution in [0.25, 0.3) is 67.5 Å². The van der Waals surface area contributed by atoms with Gasteiger partial charge < -0.3 is 4.90 Å². The Morgan fingerprint density at radius 2 is 0.661 bits per heavy atom. The normalized spacial score (nSPS) is 12.9. The number of fused-ring (bicyclic) bond motifs is 9. The monoisotopic (exact) mass is 790 g/mol. The number of rotatable bonds is 6. The molecule has 1 aromatic heterocycles. The first-order valence-electron chi connectivity index (χ1n) is 21.1. The molecule has 2 aliphatic rings. The maximum atomic E-state index is 5.43. The lowest BCUT2D eigenvalue weighted by Crippen LogP contribution is -2.36. The highest BCUT2D eigenvalue weighted by Crippen LogP contribution is 2.64. The van der Waals surface area contributed by atoms with Crippen LogP contribution in [0.2, 0.25) is 0 Å². The van der Waals surface area contributed by atoms with Gasteiger partial charge in [0.25, 0.3) is 0 Å². The third kappa shape index (κ3) is 5.58. The molecule has 0 saturated carbocycles. The summed E-state index contributed by atoms with van der Waals surface area (Å²) in [5, 5.41) is 0. The van der Waals surface area contributed by atoms with Crippen molar-refractivity contribution in [3.63, 3.8) is 0 Å². The zero-order valence-electron chi connectivity index (χ0n) is 33.7. The summed E-state index contributed by atoms with van der Waals surface area (Å²) >= 11 is 0. The van der Waals surface area contributed by atoms with Crippen LogP contribution in [0.15, 0.2) is 231 Å². The van der Waals surface area contributed by atoms with Crippen LogP contribution >= 0.6 is 0 Å². The number of para-hydroxylation sites is 3. The van der Waals surface area contributed by atoms with Crippen LogP contribution in [0.4, 0.5) is 17.1 Å². The van der Waals surface area contributed by atoms with E-state index in [4.69, 9.17) is 15.0 Å². The Kier molecular flexibility index (Phi) is 8.36. The summed E-state index contributed by atoms with van der Waals surface area (Å²) in [4.78, 5) is 18.5. The van der Waals surface area contributed by atoms with Crippen LogP contribution in [-0.2, 0) is 5.41 Å². The van der Waals surface area contributed by atoms with Crippen molar-refractivity contribution in [2.24, 2.45) is 0 Å². The van der Waals surface area contributed by atoms with E-state index in [-0.39, 0.29) is 0 Å². The predicted octanol–water partition coefficient (Wildman–Crippen LogP) is 14.4. The van der Waals surface area contributed by atoms with Gasteiger partial charge in [-0.3, -0.25) is 0 Å². The summed E-state index contributed by atoms with van der Waals surface area (Å²) in [7, 11) is 0. The number of hydrogen-bond acceptors (Lipinski definition) is 4. The Bertz CT molecular complexity index is 3120. The van der Waals surface area contributed by atoms with E-state index in [1.165, 1.54) is 33.4 Å². The van der Waals surface area contributed by atoms with Crippen LogP contribution in [0.1, 0.15) is 22.3 Å². The molecule has 0 amide bonds. The number of aromatic nitrogens is 3. The van der Waals surface area contributed by atoms with Crippen molar-refractivity contribution in [2.45, 2.75) is 5.41 Å². The van der Waals surface area contributed by atoms with Crippen molar-refractivity contribution < 1.29 is 0 Å². The average molecular weight is 791 g/mol. The summed E-state index contributed by atoms with van der Waals surface area (Å²) in [5.74, 6) is 1.88. The van der Waals surface area contributed by atoms with Gasteiger partial charge in [-0.15, -0.1) is 0 Å². The van der Waals surface area contributed by atoms with E-state index >= 15 is 0 Å². The first kappa shape index (κ1) is 35.7. The molecule has 0 atom stereocenters. The average Bonchev–Trinajstić information content (AvgIpc) is 3.66. The molecule has 9 aromatic carbocycles. The molecule has 0 saturated heterocycles. The van der Waals surface area contributed by atoms with Crippen LogP contribution < -0.4 is 4.90 Å². The molecule has 4 heteroatoms. The molecule has 4 nitrogen and oxygen atoms in total. The van der Waals surface area contributed by atoms with Crippen LogP contribution in [0.3, 0.4) is 0 Å². The van der Waals surface area contributed by atoms with Crippen molar-refractivity contribution in [1.29, 1.82) is 0 Å². The molecule has 0 radical (unpaired) electrons. The minimum atomic E-state index is -0.678. The summed E-state index contributed by atoms with van der Waals surface area (Å²) in [6.07, 6.45) is 0.